The van der Waals surface area contributed by atoms with Crippen molar-refractivity contribution in [1.29, 1.82) is 0 Å². The molecular formula is C20H24BrN5OS2. The molecule has 1 fully saturated rings. The molecule has 9 heteroatoms. The molecule has 0 N–H and O–H groups in total. The van der Waals surface area contributed by atoms with Gasteiger partial charge in [-0.05, 0) is 52.4 Å². The zero-order valence-corrected chi connectivity index (χ0v) is 19.5. The van der Waals surface area contributed by atoms with Gasteiger partial charge in [-0.3, -0.25) is 0 Å². The lowest BCUT2D eigenvalue weighted by Crippen LogP contribution is -2.20. The first-order valence-corrected chi connectivity index (χ1v) is 13.3. The number of hydrogen-bond acceptors (Lipinski definition) is 6. The van der Waals surface area contributed by atoms with Crippen LogP contribution >= 0.6 is 27.3 Å². The predicted molar refractivity (Wildman–Crippen MR) is 120 cm³/mol. The van der Waals surface area contributed by atoms with Crippen molar-refractivity contribution in [3.05, 3.63) is 57.6 Å². The van der Waals surface area contributed by atoms with Gasteiger partial charge in [-0.25, -0.2) is 13.3 Å². The van der Waals surface area contributed by atoms with E-state index in [0.29, 0.717) is 11.6 Å². The molecule has 0 aliphatic heterocycles. The second-order valence-corrected chi connectivity index (χ2v) is 11.8. The highest BCUT2D eigenvalue weighted by Gasteiger charge is 2.28. The Labute approximate surface area is 184 Å². The van der Waals surface area contributed by atoms with E-state index in [9.17, 15) is 4.21 Å². The SMILES string of the molecule is CCS(=O)(=NC(c1ccc(Br)cc1)c1nnnn1C1CCCCC1)c1cccs1. The zero-order valence-electron chi connectivity index (χ0n) is 16.3. The molecule has 3 aromatic rings. The standard InChI is InChI=1S/C20H24BrN5OS2/c1-2-29(27,18-9-6-14-28-18)23-19(15-10-12-16(21)13-11-15)20-22-24-25-26(20)17-7-4-3-5-8-17/h6,9-14,17,19H,2-5,7-8H2,1H3. The average molecular weight is 494 g/mol. The Bertz CT molecular complexity index is 1050. The minimum Gasteiger partial charge on any atom is -0.244 e. The minimum absolute atomic E-state index is 0.279. The van der Waals surface area contributed by atoms with Gasteiger partial charge in [0.2, 0.25) is 0 Å². The summed E-state index contributed by atoms with van der Waals surface area (Å²) < 4.78 is 22.5. The van der Waals surface area contributed by atoms with E-state index in [1.54, 1.807) is 0 Å². The highest BCUT2D eigenvalue weighted by atomic mass is 79.9. The van der Waals surface area contributed by atoms with Crippen molar-refractivity contribution < 1.29 is 4.21 Å². The lowest BCUT2D eigenvalue weighted by atomic mass is 9.95. The van der Waals surface area contributed by atoms with Crippen LogP contribution < -0.4 is 0 Å². The highest BCUT2D eigenvalue weighted by molar-refractivity contribution is 9.10. The summed E-state index contributed by atoms with van der Waals surface area (Å²) in [5, 5.41) is 14.6. The molecule has 2 heterocycles. The van der Waals surface area contributed by atoms with E-state index in [1.807, 2.05) is 53.4 Å². The van der Waals surface area contributed by atoms with E-state index in [4.69, 9.17) is 4.36 Å². The molecule has 0 saturated heterocycles. The molecule has 0 spiro atoms. The van der Waals surface area contributed by atoms with Crippen molar-refractivity contribution >= 4 is 37.0 Å². The first kappa shape index (κ1) is 20.7. The monoisotopic (exact) mass is 493 g/mol. The maximum absolute atomic E-state index is 13.8. The van der Waals surface area contributed by atoms with Crippen molar-refractivity contribution in [3.63, 3.8) is 0 Å². The summed E-state index contributed by atoms with van der Waals surface area (Å²) in [6.45, 7) is 1.92. The van der Waals surface area contributed by atoms with Crippen molar-refractivity contribution in [2.45, 2.75) is 55.3 Å². The number of thiophene rings is 1. The topological polar surface area (TPSA) is 73.0 Å². The molecule has 0 radical (unpaired) electrons. The number of benzene rings is 1. The van der Waals surface area contributed by atoms with E-state index in [0.717, 1.165) is 27.1 Å². The third-order valence-corrected chi connectivity index (χ3v) is 9.70. The van der Waals surface area contributed by atoms with Gasteiger partial charge in [-0.1, -0.05) is 60.3 Å². The lowest BCUT2D eigenvalue weighted by Gasteiger charge is -2.24. The van der Waals surface area contributed by atoms with Gasteiger partial charge < -0.3 is 0 Å². The maximum atomic E-state index is 13.8. The Morgan fingerprint density at radius 3 is 2.66 bits per heavy atom. The van der Waals surface area contributed by atoms with Gasteiger partial charge >= 0.3 is 0 Å². The lowest BCUT2D eigenvalue weighted by molar-refractivity contribution is 0.314. The molecule has 1 aliphatic carbocycles. The van der Waals surface area contributed by atoms with Gasteiger partial charge in [0.25, 0.3) is 0 Å². The van der Waals surface area contributed by atoms with Gasteiger partial charge in [0, 0.05) is 10.2 Å². The van der Waals surface area contributed by atoms with Crippen molar-refractivity contribution in [1.82, 2.24) is 20.2 Å². The van der Waals surface area contributed by atoms with Crippen molar-refractivity contribution in [2.24, 2.45) is 4.36 Å². The molecule has 0 bridgehead atoms. The highest BCUT2D eigenvalue weighted by Crippen LogP contribution is 2.34. The molecule has 1 aliphatic rings. The molecule has 2 unspecified atom stereocenters. The smallest absolute Gasteiger partial charge is 0.181 e. The summed E-state index contributed by atoms with van der Waals surface area (Å²) in [5.41, 5.74) is 0.942. The van der Waals surface area contributed by atoms with Gasteiger partial charge in [0.1, 0.15) is 6.04 Å². The second kappa shape index (κ2) is 9.06. The Morgan fingerprint density at radius 1 is 1.24 bits per heavy atom. The van der Waals surface area contributed by atoms with Crippen molar-refractivity contribution in [2.75, 3.05) is 5.75 Å². The first-order valence-electron chi connectivity index (χ1n) is 9.91. The molecule has 2 aromatic heterocycles. The Balaban J connectivity index is 1.85. The van der Waals surface area contributed by atoms with Gasteiger partial charge in [0.15, 0.2) is 5.82 Å². The quantitative estimate of drug-likeness (QED) is 0.445. The van der Waals surface area contributed by atoms with E-state index >= 15 is 0 Å². The van der Waals surface area contributed by atoms with E-state index in [1.165, 1.54) is 30.6 Å². The zero-order chi connectivity index (χ0) is 20.3. The van der Waals surface area contributed by atoms with Crippen LogP contribution in [0.4, 0.5) is 0 Å². The van der Waals surface area contributed by atoms with Crippen LogP contribution in [0.1, 0.15) is 62.5 Å². The third-order valence-electron chi connectivity index (χ3n) is 5.35. The molecule has 0 amide bonds. The molecule has 1 saturated carbocycles. The number of rotatable bonds is 6. The largest absolute Gasteiger partial charge is 0.244 e. The Kier molecular flexibility index (Phi) is 6.46. The molecule has 29 heavy (non-hydrogen) atoms. The first-order chi connectivity index (χ1) is 14.1. The number of hydrogen-bond donors (Lipinski definition) is 0. The minimum atomic E-state index is -2.57. The third kappa shape index (κ3) is 4.46. The average Bonchev–Trinajstić information content (AvgIpc) is 3.46. The molecular weight excluding hydrogens is 470 g/mol. The fourth-order valence-electron chi connectivity index (χ4n) is 3.75. The van der Waals surface area contributed by atoms with Crippen LogP contribution in [-0.4, -0.2) is 30.2 Å². The number of tetrazole rings is 1. The number of nitrogens with zero attached hydrogens (tertiary/aromatic N) is 5. The molecule has 6 nitrogen and oxygen atoms in total. The fraction of sp³-hybridized carbons (Fsp3) is 0.450. The van der Waals surface area contributed by atoms with Crippen LogP contribution in [0.15, 0.2) is 54.8 Å². The second-order valence-electron chi connectivity index (χ2n) is 7.19. The number of halogens is 1. The van der Waals surface area contributed by atoms with Crippen LogP contribution in [0.5, 0.6) is 0 Å². The van der Waals surface area contributed by atoms with Crippen LogP contribution in [0.2, 0.25) is 0 Å². The summed E-state index contributed by atoms with van der Waals surface area (Å²) in [6, 6.07) is 11.6. The Hall–Kier alpha value is -1.58. The van der Waals surface area contributed by atoms with Gasteiger partial charge in [-0.15, -0.1) is 16.4 Å². The Morgan fingerprint density at radius 2 is 2.00 bits per heavy atom. The van der Waals surface area contributed by atoms with Gasteiger partial charge in [0.05, 0.1) is 20.0 Å². The van der Waals surface area contributed by atoms with E-state index in [2.05, 4.69) is 31.5 Å². The van der Waals surface area contributed by atoms with Gasteiger partial charge in [-0.2, -0.15) is 0 Å². The fourth-order valence-corrected chi connectivity index (χ4v) is 7.10. The molecule has 4 rings (SSSR count). The molecule has 2 atom stereocenters. The normalized spacial score (nSPS) is 18.3. The van der Waals surface area contributed by atoms with Crippen LogP contribution in [0.3, 0.4) is 0 Å². The molecule has 1 aromatic carbocycles. The summed E-state index contributed by atoms with van der Waals surface area (Å²) >= 11 is 4.98. The predicted octanol–water partition coefficient (Wildman–Crippen LogP) is 5.64. The van der Waals surface area contributed by atoms with Crippen molar-refractivity contribution in [3.8, 4) is 0 Å². The van der Waals surface area contributed by atoms with Crippen LogP contribution in [0, 0.1) is 0 Å². The maximum Gasteiger partial charge on any atom is 0.181 e. The van der Waals surface area contributed by atoms with E-state index < -0.39 is 15.8 Å². The van der Waals surface area contributed by atoms with Crippen LogP contribution in [0.25, 0.3) is 0 Å². The summed E-state index contributed by atoms with van der Waals surface area (Å²) in [6.07, 6.45) is 5.77. The summed E-state index contributed by atoms with van der Waals surface area (Å²) in [4.78, 5) is 0. The van der Waals surface area contributed by atoms with E-state index in [-0.39, 0.29) is 6.04 Å². The number of aromatic nitrogens is 4. The summed E-state index contributed by atoms with van der Waals surface area (Å²) in [7, 11) is -2.57. The molecule has 154 valence electrons. The summed E-state index contributed by atoms with van der Waals surface area (Å²) in [5.74, 6) is 1.13. The van der Waals surface area contributed by atoms with Crippen LogP contribution in [-0.2, 0) is 9.73 Å².